The first-order valence-corrected chi connectivity index (χ1v) is 12.2. The first kappa shape index (κ1) is 21.4. The van der Waals surface area contributed by atoms with Crippen LogP contribution in [0.15, 0.2) is 51.0 Å². The van der Waals surface area contributed by atoms with Crippen LogP contribution in [0.5, 0.6) is 0 Å². The van der Waals surface area contributed by atoms with Gasteiger partial charge in [0.1, 0.15) is 4.83 Å². The average molecular weight is 496 g/mol. The van der Waals surface area contributed by atoms with E-state index in [4.69, 9.17) is 23.2 Å². The maximum Gasteiger partial charge on any atom is 0.263 e. The highest BCUT2D eigenvalue weighted by atomic mass is 35.5. The molecule has 10 heteroatoms. The molecule has 0 bridgehead atoms. The van der Waals surface area contributed by atoms with E-state index in [1.54, 1.807) is 43.5 Å². The van der Waals surface area contributed by atoms with E-state index in [9.17, 15) is 9.59 Å². The summed E-state index contributed by atoms with van der Waals surface area (Å²) in [6.45, 7) is 1.74. The molecule has 0 saturated heterocycles. The predicted molar refractivity (Wildman–Crippen MR) is 129 cm³/mol. The third-order valence-electron chi connectivity index (χ3n) is 4.42. The number of rotatable bonds is 5. The Morgan fingerprint density at radius 1 is 1.20 bits per heavy atom. The van der Waals surface area contributed by atoms with Crippen molar-refractivity contribution in [1.29, 1.82) is 0 Å². The van der Waals surface area contributed by atoms with Gasteiger partial charge in [-0.25, -0.2) is 4.98 Å². The molecular formula is C20H15Cl2N3O2S3. The third-order valence-corrected chi connectivity index (χ3v) is 7.97. The first-order valence-electron chi connectivity index (χ1n) is 8.80. The van der Waals surface area contributed by atoms with Crippen molar-refractivity contribution >= 4 is 79.4 Å². The summed E-state index contributed by atoms with van der Waals surface area (Å²) >= 11 is 16.5. The van der Waals surface area contributed by atoms with Gasteiger partial charge in [-0.15, -0.1) is 22.7 Å². The van der Waals surface area contributed by atoms with Crippen molar-refractivity contribution < 1.29 is 4.79 Å². The number of carbonyl (C=O) groups is 1. The van der Waals surface area contributed by atoms with Crippen molar-refractivity contribution in [3.05, 3.63) is 61.5 Å². The second-order valence-electron chi connectivity index (χ2n) is 6.41. The van der Waals surface area contributed by atoms with E-state index < -0.39 is 5.25 Å². The number of halogens is 2. The van der Waals surface area contributed by atoms with Gasteiger partial charge >= 0.3 is 0 Å². The van der Waals surface area contributed by atoms with Crippen LogP contribution < -0.4 is 10.9 Å². The lowest BCUT2D eigenvalue weighted by Crippen LogP contribution is -2.25. The summed E-state index contributed by atoms with van der Waals surface area (Å²) in [5.74, 6) is -0.283. The molecular weight excluding hydrogens is 481 g/mol. The zero-order chi connectivity index (χ0) is 21.4. The molecule has 0 aliphatic rings. The van der Waals surface area contributed by atoms with Crippen molar-refractivity contribution in [1.82, 2.24) is 9.55 Å². The zero-order valence-corrected chi connectivity index (χ0v) is 19.8. The lowest BCUT2D eigenvalue weighted by atomic mass is 10.2. The molecule has 0 aliphatic heterocycles. The number of hydrogen-bond acceptors (Lipinski definition) is 6. The number of hydrogen-bond donors (Lipinski definition) is 1. The number of benzene rings is 1. The molecule has 1 aromatic carbocycles. The number of aromatic nitrogens is 2. The standard InChI is InChI=1S/C20H15Cl2N3O2S3/c1-10(17(26)23-16-12(21)5-3-6-13(16)22)30-20-24-18-15(19(27)25(20)2)11(9-29-18)14-7-4-8-28-14/h3-10H,1-2H3,(H,23,26). The van der Waals surface area contributed by atoms with Crippen LogP contribution in [0.3, 0.4) is 0 Å². The van der Waals surface area contributed by atoms with Crippen molar-refractivity contribution in [2.24, 2.45) is 7.05 Å². The number of carbonyl (C=O) groups excluding carboxylic acids is 1. The minimum absolute atomic E-state index is 0.131. The SMILES string of the molecule is CC(Sc1nc2scc(-c3cccs3)c2c(=O)n1C)C(=O)Nc1c(Cl)cccc1Cl. The maximum absolute atomic E-state index is 13.0. The Morgan fingerprint density at radius 3 is 2.60 bits per heavy atom. The summed E-state index contributed by atoms with van der Waals surface area (Å²) in [6.07, 6.45) is 0. The minimum Gasteiger partial charge on any atom is -0.323 e. The molecule has 0 aliphatic carbocycles. The molecule has 4 aromatic rings. The second-order valence-corrected chi connectivity index (χ2v) is 10.3. The van der Waals surface area contributed by atoms with Crippen LogP contribution in [0.1, 0.15) is 6.92 Å². The largest absolute Gasteiger partial charge is 0.323 e. The number of thiophene rings is 2. The molecule has 1 amide bonds. The molecule has 1 atom stereocenters. The summed E-state index contributed by atoms with van der Waals surface area (Å²) in [5, 5.41) is 7.97. The number of thioether (sulfide) groups is 1. The molecule has 1 N–H and O–H groups in total. The van der Waals surface area contributed by atoms with E-state index in [2.05, 4.69) is 10.3 Å². The van der Waals surface area contributed by atoms with Gasteiger partial charge in [-0.2, -0.15) is 0 Å². The molecule has 0 fully saturated rings. The molecule has 4 rings (SSSR count). The van der Waals surface area contributed by atoms with Crippen LogP contribution in [0, 0.1) is 0 Å². The van der Waals surface area contributed by atoms with Gasteiger partial charge < -0.3 is 5.32 Å². The first-order chi connectivity index (χ1) is 14.4. The molecule has 0 radical (unpaired) electrons. The fraction of sp³-hybridized carbons (Fsp3) is 0.150. The summed E-state index contributed by atoms with van der Waals surface area (Å²) < 4.78 is 1.49. The van der Waals surface area contributed by atoms with E-state index in [1.807, 2.05) is 22.9 Å². The van der Waals surface area contributed by atoms with Crippen molar-refractivity contribution in [3.63, 3.8) is 0 Å². The molecule has 5 nitrogen and oxygen atoms in total. The summed E-state index contributed by atoms with van der Waals surface area (Å²) in [4.78, 5) is 32.1. The maximum atomic E-state index is 13.0. The quantitative estimate of drug-likeness (QED) is 0.266. The van der Waals surface area contributed by atoms with Crippen LogP contribution in [0.2, 0.25) is 10.0 Å². The van der Waals surface area contributed by atoms with E-state index in [-0.39, 0.29) is 11.5 Å². The Morgan fingerprint density at radius 2 is 1.93 bits per heavy atom. The van der Waals surface area contributed by atoms with Gasteiger partial charge in [0.15, 0.2) is 5.16 Å². The van der Waals surface area contributed by atoms with E-state index in [0.717, 1.165) is 10.4 Å². The van der Waals surface area contributed by atoms with Crippen molar-refractivity contribution in [2.75, 3.05) is 5.32 Å². The van der Waals surface area contributed by atoms with Crippen LogP contribution in [-0.2, 0) is 11.8 Å². The number of fused-ring (bicyclic) bond motifs is 1. The van der Waals surface area contributed by atoms with Gasteiger partial charge in [0.2, 0.25) is 5.91 Å². The van der Waals surface area contributed by atoms with Gasteiger partial charge in [-0.3, -0.25) is 14.2 Å². The Kier molecular flexibility index (Phi) is 6.22. The number of anilines is 1. The highest BCUT2D eigenvalue weighted by molar-refractivity contribution is 8.00. The highest BCUT2D eigenvalue weighted by Crippen LogP contribution is 2.35. The van der Waals surface area contributed by atoms with Crippen LogP contribution in [0.25, 0.3) is 20.7 Å². The Hall–Kier alpha value is -1.84. The second kappa shape index (κ2) is 8.72. The number of amides is 1. The topological polar surface area (TPSA) is 64.0 Å². The molecule has 30 heavy (non-hydrogen) atoms. The summed E-state index contributed by atoms with van der Waals surface area (Å²) in [5.41, 5.74) is 1.14. The van der Waals surface area contributed by atoms with Crippen molar-refractivity contribution in [2.45, 2.75) is 17.3 Å². The van der Waals surface area contributed by atoms with Crippen molar-refractivity contribution in [3.8, 4) is 10.4 Å². The zero-order valence-electron chi connectivity index (χ0n) is 15.8. The normalized spacial score (nSPS) is 12.3. The Balaban J connectivity index is 1.62. The lowest BCUT2D eigenvalue weighted by molar-refractivity contribution is -0.115. The van der Waals surface area contributed by atoms with E-state index in [0.29, 0.717) is 31.1 Å². The fourth-order valence-corrected chi connectivity index (χ4v) is 5.99. The Bertz CT molecular complexity index is 1280. The summed E-state index contributed by atoms with van der Waals surface area (Å²) in [6, 6.07) is 8.96. The molecule has 0 saturated carbocycles. The highest BCUT2D eigenvalue weighted by Gasteiger charge is 2.22. The van der Waals surface area contributed by atoms with Gasteiger partial charge in [0.05, 0.1) is 26.4 Å². The number of nitrogens with zero attached hydrogens (tertiary/aromatic N) is 2. The average Bonchev–Trinajstić information content (AvgIpc) is 3.38. The van der Waals surface area contributed by atoms with Crippen LogP contribution in [0.4, 0.5) is 5.69 Å². The summed E-state index contributed by atoms with van der Waals surface area (Å²) in [7, 11) is 1.67. The minimum atomic E-state index is -0.524. The van der Waals surface area contributed by atoms with Gasteiger partial charge in [-0.05, 0) is 30.5 Å². The molecule has 0 spiro atoms. The monoisotopic (exact) mass is 495 g/mol. The number of nitrogens with one attached hydrogen (secondary N) is 1. The van der Waals surface area contributed by atoms with Crippen LogP contribution in [-0.4, -0.2) is 20.7 Å². The van der Waals surface area contributed by atoms with Gasteiger partial charge in [0.25, 0.3) is 5.56 Å². The van der Waals surface area contributed by atoms with Gasteiger partial charge in [0, 0.05) is 22.9 Å². The van der Waals surface area contributed by atoms with E-state index >= 15 is 0 Å². The molecule has 3 aromatic heterocycles. The molecule has 1 unspecified atom stereocenters. The predicted octanol–water partition coefficient (Wildman–Crippen LogP) is 6.15. The number of para-hydroxylation sites is 1. The van der Waals surface area contributed by atoms with Gasteiger partial charge in [-0.1, -0.05) is 47.1 Å². The van der Waals surface area contributed by atoms with E-state index in [1.165, 1.54) is 27.7 Å². The Labute approximate surface area is 194 Å². The van der Waals surface area contributed by atoms with Crippen LogP contribution >= 0.6 is 57.6 Å². The third kappa shape index (κ3) is 4.02. The lowest BCUT2D eigenvalue weighted by Gasteiger charge is -2.15. The molecule has 3 heterocycles. The molecule has 154 valence electrons. The fourth-order valence-electron chi connectivity index (χ4n) is 2.83. The smallest absolute Gasteiger partial charge is 0.263 e.